The molecule has 6 nitrogen and oxygen atoms in total. The van der Waals surface area contributed by atoms with Crippen molar-refractivity contribution in [3.05, 3.63) is 56.8 Å². The molecule has 0 spiro atoms. The van der Waals surface area contributed by atoms with E-state index in [0.717, 1.165) is 14.0 Å². The van der Waals surface area contributed by atoms with Gasteiger partial charge < -0.3 is 14.3 Å². The molecule has 2 aromatic heterocycles. The lowest BCUT2D eigenvalue weighted by Gasteiger charge is -2.11. The monoisotopic (exact) mass is 396 g/mol. The van der Waals surface area contributed by atoms with E-state index in [2.05, 4.69) is 21.0 Å². The van der Waals surface area contributed by atoms with Gasteiger partial charge in [-0.1, -0.05) is 28.1 Å². The molecule has 0 saturated carbocycles. The number of hydrogen-bond donors (Lipinski definition) is 1. The fraction of sp³-hybridized carbons (Fsp3) is 0.200. The van der Waals surface area contributed by atoms with Gasteiger partial charge in [-0.3, -0.25) is 0 Å². The van der Waals surface area contributed by atoms with Crippen LogP contribution in [-0.4, -0.2) is 27.6 Å². The zero-order chi connectivity index (χ0) is 16.2. The summed E-state index contributed by atoms with van der Waals surface area (Å²) in [4.78, 5) is 12.5. The van der Waals surface area contributed by atoms with Crippen molar-refractivity contribution in [3.8, 4) is 16.5 Å². The summed E-state index contributed by atoms with van der Waals surface area (Å²) in [7, 11) is 0. The molecule has 8 heteroatoms. The lowest BCUT2D eigenvalue weighted by molar-refractivity contribution is 0.0875. The number of benzene rings is 1. The van der Waals surface area contributed by atoms with Crippen LogP contribution in [0.3, 0.4) is 0 Å². The molecular formula is C15H13BrN2O4S. The van der Waals surface area contributed by atoms with E-state index in [4.69, 9.17) is 9.15 Å². The first-order valence-corrected chi connectivity index (χ1v) is 8.47. The summed E-state index contributed by atoms with van der Waals surface area (Å²) in [5, 5.41) is 16.0. The fourth-order valence-electron chi connectivity index (χ4n) is 1.92. The van der Waals surface area contributed by atoms with Gasteiger partial charge >= 0.3 is 5.76 Å². The molecule has 0 aliphatic carbocycles. The molecule has 1 aromatic carbocycles. The average Bonchev–Trinajstić information content (AvgIpc) is 3.16. The topological polar surface area (TPSA) is 77.5 Å². The third-order valence-electron chi connectivity index (χ3n) is 2.96. The molecule has 0 fully saturated rings. The third-order valence-corrected chi connectivity index (χ3v) is 4.31. The van der Waals surface area contributed by atoms with Crippen molar-refractivity contribution in [2.24, 2.45) is 0 Å². The molecule has 0 bridgehead atoms. The normalized spacial score (nSPS) is 12.3. The van der Waals surface area contributed by atoms with Crippen LogP contribution < -0.4 is 10.5 Å². The van der Waals surface area contributed by atoms with E-state index >= 15 is 0 Å². The fourth-order valence-corrected chi connectivity index (χ4v) is 2.95. The number of rotatable bonds is 6. The summed E-state index contributed by atoms with van der Waals surface area (Å²) < 4.78 is 12.6. The smallest absolute Gasteiger partial charge is 0.437 e. The number of nitrogens with zero attached hydrogens (tertiary/aromatic N) is 2. The van der Waals surface area contributed by atoms with Crippen LogP contribution in [0.2, 0.25) is 0 Å². The van der Waals surface area contributed by atoms with Crippen molar-refractivity contribution < 1.29 is 14.3 Å². The van der Waals surface area contributed by atoms with Crippen molar-refractivity contribution >= 4 is 27.3 Å². The predicted octanol–water partition coefficient (Wildman–Crippen LogP) is 2.77. The zero-order valence-corrected chi connectivity index (χ0v) is 14.3. The van der Waals surface area contributed by atoms with Gasteiger partial charge in [-0.25, -0.2) is 4.79 Å². The molecule has 2 heterocycles. The van der Waals surface area contributed by atoms with Gasteiger partial charge in [0.25, 0.3) is 5.89 Å². The number of thiophene rings is 1. The predicted molar refractivity (Wildman–Crippen MR) is 89.7 cm³/mol. The van der Waals surface area contributed by atoms with Crippen molar-refractivity contribution in [3.63, 3.8) is 0 Å². The van der Waals surface area contributed by atoms with E-state index in [-0.39, 0.29) is 19.0 Å². The number of halogens is 1. The highest BCUT2D eigenvalue weighted by Gasteiger charge is 2.15. The van der Waals surface area contributed by atoms with Gasteiger partial charge in [0.1, 0.15) is 18.5 Å². The molecule has 23 heavy (non-hydrogen) atoms. The number of aliphatic hydroxyl groups is 1. The molecular weight excluding hydrogens is 384 g/mol. The second-order valence-corrected chi connectivity index (χ2v) is 6.62. The van der Waals surface area contributed by atoms with E-state index in [1.165, 1.54) is 11.3 Å². The number of aromatic nitrogens is 2. The quantitative estimate of drug-likeness (QED) is 0.692. The SMILES string of the molecule is O=c1oc(-c2cccs2)nn1CC(O)COc1cccc(Br)c1. The third kappa shape index (κ3) is 4.10. The summed E-state index contributed by atoms with van der Waals surface area (Å²) >= 11 is 4.77. The molecule has 3 aromatic rings. The highest BCUT2D eigenvalue weighted by molar-refractivity contribution is 9.10. The Morgan fingerprint density at radius 2 is 2.26 bits per heavy atom. The van der Waals surface area contributed by atoms with Crippen LogP contribution in [0.25, 0.3) is 10.8 Å². The number of hydrogen-bond acceptors (Lipinski definition) is 6. The Morgan fingerprint density at radius 3 is 3.00 bits per heavy atom. The lowest BCUT2D eigenvalue weighted by atomic mass is 10.3. The standard InChI is InChI=1S/C15H13BrN2O4S/c16-10-3-1-4-12(7-10)21-9-11(19)8-18-15(20)22-14(17-18)13-5-2-6-23-13/h1-7,11,19H,8-9H2. The van der Waals surface area contributed by atoms with Gasteiger partial charge in [0.15, 0.2) is 0 Å². The average molecular weight is 397 g/mol. The van der Waals surface area contributed by atoms with Crippen LogP contribution in [0.1, 0.15) is 0 Å². The number of ether oxygens (including phenoxy) is 1. The summed E-state index contributed by atoms with van der Waals surface area (Å²) in [6.07, 6.45) is -0.882. The zero-order valence-electron chi connectivity index (χ0n) is 11.9. The second-order valence-electron chi connectivity index (χ2n) is 4.75. The summed E-state index contributed by atoms with van der Waals surface area (Å²) in [5.74, 6) is 0.283. The van der Waals surface area contributed by atoms with Gasteiger partial charge in [-0.05, 0) is 29.6 Å². The highest BCUT2D eigenvalue weighted by atomic mass is 79.9. The Labute approximate surface area is 144 Å². The van der Waals surface area contributed by atoms with Crippen LogP contribution in [-0.2, 0) is 6.54 Å². The van der Waals surface area contributed by atoms with Crippen LogP contribution in [0.15, 0.2) is 55.5 Å². The summed E-state index contributed by atoms with van der Waals surface area (Å²) in [6, 6.07) is 11.0. The van der Waals surface area contributed by atoms with Gasteiger partial charge in [-0.2, -0.15) is 4.68 Å². The molecule has 0 aliphatic rings. The Bertz CT molecular complexity index is 828. The van der Waals surface area contributed by atoms with E-state index in [9.17, 15) is 9.90 Å². The van der Waals surface area contributed by atoms with Crippen LogP contribution in [0.4, 0.5) is 0 Å². The van der Waals surface area contributed by atoms with Gasteiger partial charge in [-0.15, -0.1) is 16.4 Å². The molecule has 1 atom stereocenters. The van der Waals surface area contributed by atoms with Crippen LogP contribution >= 0.6 is 27.3 Å². The Kier molecular flexibility index (Phi) is 4.94. The Balaban J connectivity index is 1.62. The lowest BCUT2D eigenvalue weighted by Crippen LogP contribution is -2.29. The van der Waals surface area contributed by atoms with Gasteiger partial charge in [0, 0.05) is 4.47 Å². The maximum absolute atomic E-state index is 11.8. The Hall–Kier alpha value is -1.90. The maximum Gasteiger partial charge on any atom is 0.437 e. The van der Waals surface area contributed by atoms with Crippen molar-refractivity contribution in [2.45, 2.75) is 12.6 Å². The minimum absolute atomic E-state index is 0.00170. The van der Waals surface area contributed by atoms with Crippen molar-refractivity contribution in [1.82, 2.24) is 9.78 Å². The molecule has 0 amide bonds. The maximum atomic E-state index is 11.8. The van der Waals surface area contributed by atoms with Crippen molar-refractivity contribution in [2.75, 3.05) is 6.61 Å². The first-order chi connectivity index (χ1) is 11.1. The minimum Gasteiger partial charge on any atom is -0.491 e. The summed E-state index contributed by atoms with van der Waals surface area (Å²) in [6.45, 7) is 0.0474. The molecule has 0 radical (unpaired) electrons. The van der Waals surface area contributed by atoms with Gasteiger partial charge in [0.05, 0.1) is 11.4 Å². The van der Waals surface area contributed by atoms with E-state index in [0.29, 0.717) is 5.75 Å². The van der Waals surface area contributed by atoms with E-state index in [1.807, 2.05) is 29.6 Å². The Morgan fingerprint density at radius 1 is 1.39 bits per heavy atom. The minimum atomic E-state index is -0.882. The van der Waals surface area contributed by atoms with Crippen LogP contribution in [0.5, 0.6) is 5.75 Å². The first-order valence-electron chi connectivity index (χ1n) is 6.80. The molecule has 120 valence electrons. The second kappa shape index (κ2) is 7.12. The molecule has 0 aliphatic heterocycles. The largest absolute Gasteiger partial charge is 0.491 e. The molecule has 1 N–H and O–H groups in total. The molecule has 1 unspecified atom stereocenters. The molecule has 0 saturated heterocycles. The summed E-state index contributed by atoms with van der Waals surface area (Å²) in [5.41, 5.74) is 0. The van der Waals surface area contributed by atoms with E-state index < -0.39 is 11.9 Å². The van der Waals surface area contributed by atoms with Gasteiger partial charge in [0.2, 0.25) is 0 Å². The highest BCUT2D eigenvalue weighted by Crippen LogP contribution is 2.21. The molecule has 3 rings (SSSR count). The first kappa shape index (κ1) is 16.0. The number of aliphatic hydroxyl groups excluding tert-OH is 1. The van der Waals surface area contributed by atoms with E-state index in [1.54, 1.807) is 12.1 Å². The van der Waals surface area contributed by atoms with Crippen LogP contribution in [0, 0.1) is 0 Å². The van der Waals surface area contributed by atoms with Crippen molar-refractivity contribution in [1.29, 1.82) is 0 Å².